The van der Waals surface area contributed by atoms with E-state index in [1.807, 2.05) is 5.38 Å². The maximum absolute atomic E-state index is 12.2. The van der Waals surface area contributed by atoms with E-state index in [9.17, 15) is 8.42 Å². The van der Waals surface area contributed by atoms with E-state index in [1.165, 1.54) is 11.3 Å². The second kappa shape index (κ2) is 6.33. The third kappa shape index (κ3) is 3.48. The summed E-state index contributed by atoms with van der Waals surface area (Å²) in [6, 6.07) is 3.54. The maximum atomic E-state index is 12.2. The summed E-state index contributed by atoms with van der Waals surface area (Å²) in [5.74, 6) is 0. The van der Waals surface area contributed by atoms with Gasteiger partial charge in [-0.2, -0.15) is 0 Å². The van der Waals surface area contributed by atoms with Gasteiger partial charge in [0.25, 0.3) is 0 Å². The van der Waals surface area contributed by atoms with E-state index in [2.05, 4.69) is 30.5 Å². The molecule has 1 atom stereocenters. The van der Waals surface area contributed by atoms with Crippen LogP contribution in [0.5, 0.6) is 0 Å². The van der Waals surface area contributed by atoms with Gasteiger partial charge < -0.3 is 4.90 Å². The number of hydrogen-bond donors (Lipinski definition) is 1. The molecule has 2 aromatic heterocycles. The zero-order chi connectivity index (χ0) is 14.9. The predicted octanol–water partition coefficient (Wildman–Crippen LogP) is 2.91. The van der Waals surface area contributed by atoms with Gasteiger partial charge in [-0.3, -0.25) is 0 Å². The molecule has 21 heavy (non-hydrogen) atoms. The molecule has 1 aliphatic rings. The standard InChI is InChI=1S/C12H14BrN3O2S3/c13-10-3-4-11(20-10)21(17,18)15-8-9-2-1-6-16(9)12-14-5-7-19-12/h3-5,7,9,15H,1-2,6,8H2. The van der Waals surface area contributed by atoms with Crippen molar-refractivity contribution in [2.75, 3.05) is 18.0 Å². The van der Waals surface area contributed by atoms with E-state index in [4.69, 9.17) is 0 Å². The van der Waals surface area contributed by atoms with Gasteiger partial charge in [-0.15, -0.1) is 22.7 Å². The van der Waals surface area contributed by atoms with Crippen LogP contribution in [0, 0.1) is 0 Å². The number of rotatable bonds is 5. The molecule has 1 aliphatic heterocycles. The van der Waals surface area contributed by atoms with Crippen LogP contribution in [0.25, 0.3) is 0 Å². The number of nitrogens with zero attached hydrogens (tertiary/aromatic N) is 2. The Morgan fingerprint density at radius 3 is 3.00 bits per heavy atom. The molecule has 1 unspecified atom stereocenters. The van der Waals surface area contributed by atoms with Crippen LogP contribution >= 0.6 is 38.6 Å². The van der Waals surface area contributed by atoms with E-state index < -0.39 is 10.0 Å². The Morgan fingerprint density at radius 2 is 2.33 bits per heavy atom. The Bertz CT molecular complexity index is 699. The number of halogens is 1. The average molecular weight is 408 g/mol. The summed E-state index contributed by atoms with van der Waals surface area (Å²) in [7, 11) is -3.42. The van der Waals surface area contributed by atoms with Crippen LogP contribution in [0.3, 0.4) is 0 Å². The molecule has 1 N–H and O–H groups in total. The van der Waals surface area contributed by atoms with Crippen molar-refractivity contribution in [1.29, 1.82) is 0 Å². The summed E-state index contributed by atoms with van der Waals surface area (Å²) >= 11 is 6.10. The minimum absolute atomic E-state index is 0.175. The molecule has 0 amide bonds. The van der Waals surface area contributed by atoms with Gasteiger partial charge in [0.1, 0.15) is 4.21 Å². The quantitative estimate of drug-likeness (QED) is 0.827. The van der Waals surface area contributed by atoms with Crippen molar-refractivity contribution >= 4 is 53.8 Å². The number of thiophene rings is 1. The molecule has 0 saturated carbocycles. The van der Waals surface area contributed by atoms with Gasteiger partial charge in [0.05, 0.1) is 3.79 Å². The monoisotopic (exact) mass is 407 g/mol. The summed E-state index contributed by atoms with van der Waals surface area (Å²) in [6.45, 7) is 1.35. The fourth-order valence-corrected chi connectivity index (χ4v) is 6.24. The van der Waals surface area contributed by atoms with Crippen molar-refractivity contribution in [3.63, 3.8) is 0 Å². The SMILES string of the molecule is O=S(=O)(NCC1CCCN1c1nccs1)c1ccc(Br)s1. The molecule has 9 heteroatoms. The zero-order valence-electron chi connectivity index (χ0n) is 11.0. The van der Waals surface area contributed by atoms with E-state index in [0.717, 1.165) is 28.3 Å². The highest BCUT2D eigenvalue weighted by Crippen LogP contribution is 2.28. The Morgan fingerprint density at radius 1 is 1.48 bits per heavy atom. The number of anilines is 1. The van der Waals surface area contributed by atoms with Crippen molar-refractivity contribution in [3.05, 3.63) is 27.5 Å². The fraction of sp³-hybridized carbons (Fsp3) is 0.417. The molecule has 1 saturated heterocycles. The average Bonchev–Trinajstić information content (AvgIpc) is 3.17. The first-order valence-electron chi connectivity index (χ1n) is 6.47. The molecule has 0 aromatic carbocycles. The van der Waals surface area contributed by atoms with Crippen molar-refractivity contribution in [3.8, 4) is 0 Å². The van der Waals surface area contributed by atoms with Crippen molar-refractivity contribution < 1.29 is 8.42 Å². The molecule has 0 radical (unpaired) electrons. The van der Waals surface area contributed by atoms with Crippen molar-refractivity contribution in [2.24, 2.45) is 0 Å². The minimum atomic E-state index is -3.42. The predicted molar refractivity (Wildman–Crippen MR) is 89.7 cm³/mol. The first-order chi connectivity index (χ1) is 10.1. The molecule has 2 aromatic rings. The van der Waals surface area contributed by atoms with E-state index in [1.54, 1.807) is 29.7 Å². The third-order valence-corrected chi connectivity index (χ3v) is 7.71. The molecular formula is C12H14BrN3O2S3. The molecule has 114 valence electrons. The van der Waals surface area contributed by atoms with Gasteiger partial charge in [0, 0.05) is 30.7 Å². The summed E-state index contributed by atoms with van der Waals surface area (Å²) in [4.78, 5) is 6.51. The molecule has 3 heterocycles. The normalized spacial score (nSPS) is 19.3. The summed E-state index contributed by atoms with van der Waals surface area (Å²) in [6.07, 6.45) is 3.83. The number of aromatic nitrogens is 1. The van der Waals surface area contributed by atoms with Gasteiger partial charge in [0.2, 0.25) is 10.0 Å². The van der Waals surface area contributed by atoms with Crippen LogP contribution in [0.15, 0.2) is 31.7 Å². The fourth-order valence-electron chi connectivity index (χ4n) is 2.38. The van der Waals surface area contributed by atoms with Crippen LogP contribution in [-0.2, 0) is 10.0 Å². The van der Waals surface area contributed by atoms with Crippen LogP contribution in [0.1, 0.15) is 12.8 Å². The number of hydrogen-bond acceptors (Lipinski definition) is 6. The van der Waals surface area contributed by atoms with Gasteiger partial charge in [0.15, 0.2) is 5.13 Å². The zero-order valence-corrected chi connectivity index (χ0v) is 15.1. The molecule has 0 spiro atoms. The minimum Gasteiger partial charge on any atom is -0.344 e. The Hall–Kier alpha value is -0.480. The highest BCUT2D eigenvalue weighted by Gasteiger charge is 2.28. The third-order valence-electron chi connectivity index (χ3n) is 3.36. The highest BCUT2D eigenvalue weighted by molar-refractivity contribution is 9.11. The Balaban J connectivity index is 1.67. The Labute approximate surface area is 140 Å². The Kier molecular flexibility index (Phi) is 4.65. The lowest BCUT2D eigenvalue weighted by Crippen LogP contribution is -2.40. The molecular weight excluding hydrogens is 394 g/mol. The van der Waals surface area contributed by atoms with Gasteiger partial charge in [-0.25, -0.2) is 18.1 Å². The number of sulfonamides is 1. The molecule has 5 nitrogen and oxygen atoms in total. The van der Waals surface area contributed by atoms with Gasteiger partial charge >= 0.3 is 0 Å². The van der Waals surface area contributed by atoms with E-state index >= 15 is 0 Å². The highest BCUT2D eigenvalue weighted by atomic mass is 79.9. The summed E-state index contributed by atoms with van der Waals surface area (Å²) in [5.41, 5.74) is 0. The first-order valence-corrected chi connectivity index (χ1v) is 10.4. The van der Waals surface area contributed by atoms with E-state index in [-0.39, 0.29) is 6.04 Å². The topological polar surface area (TPSA) is 62.3 Å². The smallest absolute Gasteiger partial charge is 0.250 e. The molecule has 1 fully saturated rings. The van der Waals surface area contributed by atoms with Crippen molar-refractivity contribution in [1.82, 2.24) is 9.71 Å². The van der Waals surface area contributed by atoms with Crippen molar-refractivity contribution in [2.45, 2.75) is 23.1 Å². The van der Waals surface area contributed by atoms with Crippen LogP contribution < -0.4 is 9.62 Å². The first kappa shape index (κ1) is 15.4. The van der Waals surface area contributed by atoms with Gasteiger partial charge in [-0.05, 0) is 40.9 Å². The van der Waals surface area contributed by atoms with E-state index in [0.29, 0.717) is 10.8 Å². The lowest BCUT2D eigenvalue weighted by atomic mass is 10.2. The molecule has 3 rings (SSSR count). The maximum Gasteiger partial charge on any atom is 0.250 e. The largest absolute Gasteiger partial charge is 0.344 e. The lowest BCUT2D eigenvalue weighted by Gasteiger charge is -2.24. The van der Waals surface area contributed by atoms with Crippen LogP contribution in [0.2, 0.25) is 0 Å². The van der Waals surface area contributed by atoms with Gasteiger partial charge in [-0.1, -0.05) is 0 Å². The summed E-state index contributed by atoms with van der Waals surface area (Å²) < 4.78 is 28.4. The molecule has 0 aliphatic carbocycles. The lowest BCUT2D eigenvalue weighted by molar-refractivity contribution is 0.569. The summed E-state index contributed by atoms with van der Waals surface area (Å²) in [5, 5.41) is 2.91. The second-order valence-corrected chi connectivity index (χ2v) is 10.0. The number of nitrogens with one attached hydrogen (secondary N) is 1. The van der Waals surface area contributed by atoms with Crippen LogP contribution in [-0.4, -0.2) is 32.5 Å². The molecule has 0 bridgehead atoms. The second-order valence-electron chi connectivity index (χ2n) is 4.71. The van der Waals surface area contributed by atoms with Crippen LogP contribution in [0.4, 0.5) is 5.13 Å². The number of thiazole rings is 1.